The number of carboxylic acid groups (broad SMARTS) is 1. The number of imidazole rings is 1. The minimum atomic E-state index is -1.75. The molecule has 0 fully saturated rings. The predicted molar refractivity (Wildman–Crippen MR) is 57.5 cm³/mol. The molecule has 0 radical (unpaired) electrons. The third-order valence-corrected chi connectivity index (χ3v) is 1.83. The van der Waals surface area contributed by atoms with Gasteiger partial charge < -0.3 is 20.4 Å². The SMILES string of the molecule is CCCCn1cc[n+](CC(=O)O)c1.O=[N+]([O-])[O-]. The van der Waals surface area contributed by atoms with Gasteiger partial charge in [-0.05, 0) is 6.42 Å². The van der Waals surface area contributed by atoms with E-state index in [1.807, 2.05) is 17.1 Å². The molecule has 0 spiro atoms. The predicted octanol–water partition coefficient (Wildman–Crippen LogP) is 0.421. The highest BCUT2D eigenvalue weighted by Gasteiger charge is 2.06. The number of hydrogen-bond donors (Lipinski definition) is 1. The number of carboxylic acids is 1. The topological polar surface area (TPSA) is 112 Å². The van der Waals surface area contributed by atoms with Crippen LogP contribution in [0.3, 0.4) is 0 Å². The fourth-order valence-corrected chi connectivity index (χ4v) is 1.16. The molecule has 0 aliphatic carbocycles. The maximum atomic E-state index is 10.4. The number of nitrogens with zero attached hydrogens (tertiary/aromatic N) is 3. The summed E-state index contributed by atoms with van der Waals surface area (Å²) in [4.78, 5) is 18.6. The molecule has 0 amide bonds. The van der Waals surface area contributed by atoms with Gasteiger partial charge in [-0.3, -0.25) is 0 Å². The van der Waals surface area contributed by atoms with Crippen molar-refractivity contribution in [2.75, 3.05) is 0 Å². The van der Waals surface area contributed by atoms with Gasteiger partial charge in [-0.2, -0.15) is 0 Å². The first-order valence-corrected chi connectivity index (χ1v) is 5.03. The van der Waals surface area contributed by atoms with Gasteiger partial charge in [-0.15, -0.1) is 0 Å². The molecular weight excluding hydrogens is 230 g/mol. The minimum absolute atomic E-state index is 0.0408. The van der Waals surface area contributed by atoms with E-state index in [2.05, 4.69) is 6.92 Å². The molecule has 0 bridgehead atoms. The molecule has 0 atom stereocenters. The largest absolute Gasteiger partial charge is 0.478 e. The molecule has 1 aromatic rings. The molecular formula is C9H15N3O5. The Morgan fingerprint density at radius 3 is 2.59 bits per heavy atom. The Bertz CT molecular complexity index is 359. The van der Waals surface area contributed by atoms with Crippen LogP contribution < -0.4 is 4.57 Å². The van der Waals surface area contributed by atoms with Crippen molar-refractivity contribution in [1.82, 2.24) is 4.57 Å². The van der Waals surface area contributed by atoms with Crippen LogP contribution in [0, 0.1) is 15.3 Å². The second-order valence-corrected chi connectivity index (χ2v) is 3.29. The minimum Gasteiger partial charge on any atom is -0.478 e. The Morgan fingerprint density at radius 1 is 1.53 bits per heavy atom. The molecule has 0 saturated heterocycles. The summed E-state index contributed by atoms with van der Waals surface area (Å²) >= 11 is 0. The first-order valence-electron chi connectivity index (χ1n) is 5.03. The molecule has 1 rings (SSSR count). The van der Waals surface area contributed by atoms with E-state index in [0.29, 0.717) is 0 Å². The lowest BCUT2D eigenvalue weighted by Gasteiger charge is -1.92. The number of unbranched alkanes of at least 4 members (excludes halogenated alkanes) is 1. The van der Waals surface area contributed by atoms with Crippen molar-refractivity contribution in [1.29, 1.82) is 0 Å². The summed E-state index contributed by atoms with van der Waals surface area (Å²) in [7, 11) is 0. The fourth-order valence-electron chi connectivity index (χ4n) is 1.16. The Labute approximate surface area is 97.8 Å². The summed E-state index contributed by atoms with van der Waals surface area (Å²) in [6.45, 7) is 3.14. The van der Waals surface area contributed by atoms with Crippen LogP contribution in [-0.2, 0) is 17.9 Å². The van der Waals surface area contributed by atoms with Crippen molar-refractivity contribution in [2.24, 2.45) is 0 Å². The molecule has 8 nitrogen and oxygen atoms in total. The highest BCUT2D eigenvalue weighted by molar-refractivity contribution is 5.64. The average molecular weight is 245 g/mol. The number of aliphatic carboxylic acids is 1. The van der Waals surface area contributed by atoms with Gasteiger partial charge >= 0.3 is 5.97 Å². The summed E-state index contributed by atoms with van der Waals surface area (Å²) in [5, 5.41) is 23.3. The van der Waals surface area contributed by atoms with Crippen molar-refractivity contribution < 1.29 is 19.6 Å². The van der Waals surface area contributed by atoms with E-state index in [1.54, 1.807) is 10.8 Å². The monoisotopic (exact) mass is 245 g/mol. The lowest BCUT2D eigenvalue weighted by molar-refractivity contribution is -0.685. The van der Waals surface area contributed by atoms with Gasteiger partial charge in [0.25, 0.3) is 0 Å². The number of aromatic nitrogens is 2. The third-order valence-electron chi connectivity index (χ3n) is 1.83. The molecule has 1 heterocycles. The molecule has 1 aromatic heterocycles. The summed E-state index contributed by atoms with van der Waals surface area (Å²) in [6, 6.07) is 0. The standard InChI is InChI=1S/C9H14N2O2.NO3/c1-2-3-4-10-5-6-11(8-10)7-9(12)13;2-1(3)4/h5-6,8H,2-4,7H2,1H3;/q;-1/p+1. The van der Waals surface area contributed by atoms with Crippen LogP contribution in [-0.4, -0.2) is 20.7 Å². The molecule has 0 unspecified atom stereocenters. The molecule has 0 aliphatic rings. The van der Waals surface area contributed by atoms with Crippen LogP contribution in [0.5, 0.6) is 0 Å². The van der Waals surface area contributed by atoms with Gasteiger partial charge in [0.1, 0.15) is 12.4 Å². The molecule has 0 saturated carbocycles. The molecule has 0 aromatic carbocycles. The third kappa shape index (κ3) is 8.85. The summed E-state index contributed by atoms with van der Waals surface area (Å²) in [5.41, 5.74) is 0. The molecule has 0 aliphatic heterocycles. The Kier molecular flexibility index (Phi) is 7.07. The fraction of sp³-hybridized carbons (Fsp3) is 0.556. The molecule has 1 N–H and O–H groups in total. The van der Waals surface area contributed by atoms with E-state index in [4.69, 9.17) is 20.4 Å². The Morgan fingerprint density at radius 2 is 2.12 bits per heavy atom. The number of aryl methyl sites for hydroxylation is 1. The van der Waals surface area contributed by atoms with Crippen molar-refractivity contribution in [3.63, 3.8) is 0 Å². The lowest BCUT2D eigenvalue weighted by atomic mass is 10.3. The van der Waals surface area contributed by atoms with Crippen molar-refractivity contribution in [3.05, 3.63) is 34.0 Å². The van der Waals surface area contributed by atoms with Crippen molar-refractivity contribution in [2.45, 2.75) is 32.9 Å². The van der Waals surface area contributed by atoms with E-state index in [1.165, 1.54) is 0 Å². The second-order valence-electron chi connectivity index (χ2n) is 3.29. The molecule has 8 heteroatoms. The second kappa shape index (κ2) is 8.08. The molecule has 17 heavy (non-hydrogen) atoms. The van der Waals surface area contributed by atoms with Crippen LogP contribution in [0.4, 0.5) is 0 Å². The van der Waals surface area contributed by atoms with Gasteiger partial charge in [-0.25, -0.2) is 13.9 Å². The van der Waals surface area contributed by atoms with Crippen LogP contribution in [0.2, 0.25) is 0 Å². The van der Waals surface area contributed by atoms with Gasteiger partial charge in [0.15, 0.2) is 6.54 Å². The number of carbonyl (C=O) groups is 1. The zero-order chi connectivity index (χ0) is 13.3. The van der Waals surface area contributed by atoms with E-state index >= 15 is 0 Å². The van der Waals surface area contributed by atoms with Gasteiger partial charge in [0.2, 0.25) is 6.33 Å². The van der Waals surface area contributed by atoms with Crippen LogP contribution >= 0.6 is 0 Å². The Hall–Kier alpha value is -2.12. The van der Waals surface area contributed by atoms with Crippen LogP contribution in [0.1, 0.15) is 19.8 Å². The average Bonchev–Trinajstić information content (AvgIpc) is 2.60. The van der Waals surface area contributed by atoms with Gasteiger partial charge in [0.05, 0.1) is 11.6 Å². The first kappa shape index (κ1) is 14.9. The number of hydrogen-bond acceptors (Lipinski definition) is 4. The number of rotatable bonds is 5. The first-order chi connectivity index (χ1) is 7.95. The summed E-state index contributed by atoms with van der Waals surface area (Å²) < 4.78 is 3.67. The highest BCUT2D eigenvalue weighted by Crippen LogP contribution is 1.92. The smallest absolute Gasteiger partial charge is 0.346 e. The zero-order valence-corrected chi connectivity index (χ0v) is 9.48. The normalized spacial score (nSPS) is 9.24. The van der Waals surface area contributed by atoms with E-state index < -0.39 is 11.1 Å². The maximum Gasteiger partial charge on any atom is 0.346 e. The van der Waals surface area contributed by atoms with Gasteiger partial charge in [-0.1, -0.05) is 13.3 Å². The maximum absolute atomic E-state index is 10.4. The lowest BCUT2D eigenvalue weighted by Crippen LogP contribution is -2.35. The van der Waals surface area contributed by atoms with E-state index in [0.717, 1.165) is 19.4 Å². The Balaban J connectivity index is 0.000000557. The zero-order valence-electron chi connectivity index (χ0n) is 9.48. The van der Waals surface area contributed by atoms with E-state index in [-0.39, 0.29) is 6.54 Å². The summed E-state index contributed by atoms with van der Waals surface area (Å²) in [6.07, 6.45) is 7.78. The highest BCUT2D eigenvalue weighted by atomic mass is 16.9. The van der Waals surface area contributed by atoms with Crippen LogP contribution in [0.15, 0.2) is 18.7 Å². The van der Waals surface area contributed by atoms with Crippen molar-refractivity contribution >= 4 is 5.97 Å². The van der Waals surface area contributed by atoms with Gasteiger partial charge in [0, 0.05) is 0 Å². The molecule has 96 valence electrons. The van der Waals surface area contributed by atoms with Crippen LogP contribution in [0.25, 0.3) is 0 Å². The van der Waals surface area contributed by atoms with E-state index in [9.17, 15) is 4.79 Å². The van der Waals surface area contributed by atoms with Crippen molar-refractivity contribution in [3.8, 4) is 0 Å². The quantitative estimate of drug-likeness (QED) is 0.459. The summed E-state index contributed by atoms with van der Waals surface area (Å²) in [5.74, 6) is -0.807.